The highest BCUT2D eigenvalue weighted by Crippen LogP contribution is 2.42. The molecule has 0 rings (SSSR count). The first-order valence-electron chi connectivity index (χ1n) is 4.40. The lowest BCUT2D eigenvalue weighted by molar-refractivity contribution is -0.300. The third-order valence-corrected chi connectivity index (χ3v) is 2.08. The number of rotatable bonds is 5. The minimum atomic E-state index is -5.84. The third-order valence-electron chi connectivity index (χ3n) is 2.08. The Balaban J connectivity index is 5.40. The summed E-state index contributed by atoms with van der Waals surface area (Å²) in [6, 6.07) is 0. The van der Waals surface area contributed by atoms with Gasteiger partial charge in [0.15, 0.2) is 0 Å². The number of alkyl halides is 5. The Morgan fingerprint density at radius 3 is 2.00 bits per heavy atom. The summed E-state index contributed by atoms with van der Waals surface area (Å²) in [5, 5.41) is 10.5. The maximum Gasteiger partial charge on any atom is 0.457 e. The molecule has 0 aliphatic heterocycles. The Morgan fingerprint density at radius 2 is 1.71 bits per heavy atom. The fourth-order valence-electron chi connectivity index (χ4n) is 1.05. The number of carbonyl (C=O) groups excluding carboxylic acids is 1. The van der Waals surface area contributed by atoms with Gasteiger partial charge in [-0.1, -0.05) is 0 Å². The molecule has 0 aromatic heterocycles. The summed E-state index contributed by atoms with van der Waals surface area (Å²) in [4.78, 5) is 10.5. The summed E-state index contributed by atoms with van der Waals surface area (Å²) in [7, 11) is 1.16. The predicted octanol–water partition coefficient (Wildman–Crippen LogP) is 1.29. The molecule has 0 bridgehead atoms. The van der Waals surface area contributed by atoms with Crippen LogP contribution in [0.15, 0.2) is 11.1 Å². The lowest BCUT2D eigenvalue weighted by Crippen LogP contribution is -2.40. The number of carbonyl (C=O) groups is 1. The van der Waals surface area contributed by atoms with Crippen molar-refractivity contribution in [1.82, 2.24) is 0 Å². The maximum absolute atomic E-state index is 12.8. The highest BCUT2D eigenvalue weighted by Gasteiger charge is 2.59. The molecule has 0 heterocycles. The van der Waals surface area contributed by atoms with Crippen LogP contribution in [0.4, 0.5) is 22.0 Å². The van der Waals surface area contributed by atoms with Crippen LogP contribution in [-0.2, 0) is 9.53 Å². The average molecular weight is 261 g/mol. The molecule has 0 N–H and O–H groups in total. The summed E-state index contributed by atoms with van der Waals surface area (Å²) in [5.74, 6) is -7.26. The number of carboxylic acids is 1. The summed E-state index contributed by atoms with van der Waals surface area (Å²) in [6.45, 7) is 0.114. The molecule has 0 unspecified atom stereocenters. The van der Waals surface area contributed by atoms with Crippen molar-refractivity contribution in [3.8, 4) is 0 Å². The van der Waals surface area contributed by atoms with Gasteiger partial charge >= 0.3 is 12.1 Å². The highest BCUT2D eigenvalue weighted by atomic mass is 19.4. The van der Waals surface area contributed by atoms with Crippen molar-refractivity contribution in [3.63, 3.8) is 0 Å². The minimum absolute atomic E-state index is 0.297. The molecule has 3 nitrogen and oxygen atoms in total. The van der Waals surface area contributed by atoms with Crippen LogP contribution in [0, 0.1) is 0 Å². The van der Waals surface area contributed by atoms with Gasteiger partial charge in [0.25, 0.3) is 0 Å². The molecule has 17 heavy (non-hydrogen) atoms. The minimum Gasteiger partial charge on any atom is -0.545 e. The van der Waals surface area contributed by atoms with Gasteiger partial charge in [0.05, 0.1) is 12.6 Å². The molecule has 8 heteroatoms. The second-order valence-corrected chi connectivity index (χ2v) is 3.21. The van der Waals surface area contributed by atoms with Crippen LogP contribution in [0.1, 0.15) is 13.3 Å². The van der Waals surface area contributed by atoms with Gasteiger partial charge in [-0.3, -0.25) is 0 Å². The van der Waals surface area contributed by atoms with Crippen LogP contribution < -0.4 is 5.11 Å². The van der Waals surface area contributed by atoms with Gasteiger partial charge in [-0.05, 0) is 18.9 Å². The third kappa shape index (κ3) is 3.65. The molecule has 0 saturated heterocycles. The smallest absolute Gasteiger partial charge is 0.457 e. The Bertz CT molecular complexity index is 319. The van der Waals surface area contributed by atoms with Gasteiger partial charge in [-0.25, -0.2) is 0 Å². The summed E-state index contributed by atoms with van der Waals surface area (Å²) in [5.41, 5.74) is -2.68. The van der Waals surface area contributed by atoms with Crippen LogP contribution in [0.3, 0.4) is 0 Å². The predicted molar refractivity (Wildman–Crippen MR) is 45.2 cm³/mol. The molecule has 0 fully saturated rings. The standard InChI is InChI=1S/C9H11F5O3/c1-5(8(10,11)9(12,13)14)6(7(15)16)3-4-17-2/h3-4H2,1-2H3,(H,15,16)/p-1. The normalized spacial score (nSPS) is 14.5. The molecular formula is C9H10F5O3-. The van der Waals surface area contributed by atoms with Crippen molar-refractivity contribution in [3.05, 3.63) is 11.1 Å². The first-order chi connectivity index (χ1) is 7.55. The molecule has 0 aliphatic carbocycles. The average Bonchev–Trinajstić information content (AvgIpc) is 2.15. The fraction of sp³-hybridized carbons (Fsp3) is 0.667. The number of halogens is 5. The van der Waals surface area contributed by atoms with Crippen molar-refractivity contribution in [2.75, 3.05) is 13.7 Å². The number of ether oxygens (including phenoxy) is 1. The monoisotopic (exact) mass is 261 g/mol. The van der Waals surface area contributed by atoms with Gasteiger partial charge in [-0.15, -0.1) is 0 Å². The van der Waals surface area contributed by atoms with E-state index < -0.39 is 35.6 Å². The number of allylic oxidation sites excluding steroid dienone is 1. The molecule has 0 aliphatic rings. The van der Waals surface area contributed by atoms with E-state index in [0.717, 1.165) is 7.11 Å². The van der Waals surface area contributed by atoms with Crippen LogP contribution in [0.2, 0.25) is 0 Å². The van der Waals surface area contributed by atoms with Gasteiger partial charge in [0.1, 0.15) is 0 Å². The largest absolute Gasteiger partial charge is 0.545 e. The molecular weight excluding hydrogens is 251 g/mol. The molecule has 0 spiro atoms. The fourth-order valence-corrected chi connectivity index (χ4v) is 1.05. The quantitative estimate of drug-likeness (QED) is 0.553. The lowest BCUT2D eigenvalue weighted by Gasteiger charge is -2.23. The van der Waals surface area contributed by atoms with E-state index in [-0.39, 0.29) is 6.61 Å². The van der Waals surface area contributed by atoms with E-state index >= 15 is 0 Å². The Kier molecular flexibility index (Phi) is 5.06. The second kappa shape index (κ2) is 5.44. The summed E-state index contributed by atoms with van der Waals surface area (Å²) >= 11 is 0. The van der Waals surface area contributed by atoms with Crippen molar-refractivity contribution in [2.24, 2.45) is 0 Å². The van der Waals surface area contributed by atoms with E-state index in [0.29, 0.717) is 6.92 Å². The molecule has 100 valence electrons. The van der Waals surface area contributed by atoms with E-state index in [1.165, 1.54) is 0 Å². The number of carboxylic acid groups (broad SMARTS) is 1. The number of hydrogen-bond acceptors (Lipinski definition) is 3. The maximum atomic E-state index is 12.8. The zero-order valence-corrected chi connectivity index (χ0v) is 9.03. The zero-order valence-electron chi connectivity index (χ0n) is 9.03. The Hall–Kier alpha value is -1.18. The molecule has 0 atom stereocenters. The first kappa shape index (κ1) is 15.8. The number of aliphatic carboxylic acids is 1. The van der Waals surface area contributed by atoms with E-state index in [9.17, 15) is 31.9 Å². The van der Waals surface area contributed by atoms with Gasteiger partial charge in [-0.2, -0.15) is 22.0 Å². The first-order valence-corrected chi connectivity index (χ1v) is 4.40. The van der Waals surface area contributed by atoms with Gasteiger partial charge in [0, 0.05) is 12.7 Å². The highest BCUT2D eigenvalue weighted by molar-refractivity contribution is 5.86. The van der Waals surface area contributed by atoms with Gasteiger partial charge in [0.2, 0.25) is 0 Å². The van der Waals surface area contributed by atoms with Crippen molar-refractivity contribution in [2.45, 2.75) is 25.4 Å². The Labute approximate surface area is 93.9 Å². The van der Waals surface area contributed by atoms with Crippen LogP contribution in [-0.4, -0.2) is 31.8 Å². The van der Waals surface area contributed by atoms with Crippen molar-refractivity contribution >= 4 is 5.97 Å². The summed E-state index contributed by atoms with van der Waals surface area (Å²) < 4.78 is 66.1. The number of methoxy groups -OCH3 is 1. The molecule has 0 aromatic carbocycles. The zero-order chi connectivity index (χ0) is 13.9. The van der Waals surface area contributed by atoms with E-state index in [4.69, 9.17) is 0 Å². The molecule has 0 radical (unpaired) electrons. The Morgan fingerprint density at radius 1 is 1.24 bits per heavy atom. The van der Waals surface area contributed by atoms with Gasteiger partial charge < -0.3 is 14.6 Å². The second-order valence-electron chi connectivity index (χ2n) is 3.21. The lowest BCUT2D eigenvalue weighted by atomic mass is 10.0. The van der Waals surface area contributed by atoms with E-state index in [2.05, 4.69) is 4.74 Å². The topological polar surface area (TPSA) is 49.4 Å². The summed E-state index contributed by atoms with van der Waals surface area (Å²) in [6.07, 6.45) is -6.43. The van der Waals surface area contributed by atoms with Crippen LogP contribution in [0.5, 0.6) is 0 Å². The SMILES string of the molecule is COCCC(C(=O)[O-])=C(C)C(F)(F)C(F)(F)F. The van der Waals surface area contributed by atoms with Crippen molar-refractivity contribution < 1.29 is 36.6 Å². The number of hydrogen-bond donors (Lipinski definition) is 0. The van der Waals surface area contributed by atoms with Crippen LogP contribution >= 0.6 is 0 Å². The van der Waals surface area contributed by atoms with E-state index in [1.54, 1.807) is 0 Å². The van der Waals surface area contributed by atoms with E-state index in [1.807, 2.05) is 0 Å². The molecule has 0 aromatic rings. The molecule has 0 amide bonds. The van der Waals surface area contributed by atoms with Crippen molar-refractivity contribution in [1.29, 1.82) is 0 Å². The van der Waals surface area contributed by atoms with Crippen LogP contribution in [0.25, 0.3) is 0 Å². The molecule has 0 saturated carbocycles.